The molecule has 0 aliphatic carbocycles. The van der Waals surface area contributed by atoms with E-state index >= 15 is 0 Å². The number of aromatic nitrogens is 3. The fourth-order valence-corrected chi connectivity index (χ4v) is 5.63. The maximum absolute atomic E-state index is 13.4. The van der Waals surface area contributed by atoms with Crippen molar-refractivity contribution in [2.24, 2.45) is 0 Å². The number of ether oxygens (including phenoxy) is 1. The number of rotatable bonds is 8. The molecule has 1 N–H and O–H groups in total. The third-order valence-electron chi connectivity index (χ3n) is 5.54. The zero-order valence-electron chi connectivity index (χ0n) is 18.3. The third-order valence-corrected chi connectivity index (χ3v) is 7.64. The van der Waals surface area contributed by atoms with Gasteiger partial charge in [-0.3, -0.25) is 9.36 Å². The van der Waals surface area contributed by atoms with Gasteiger partial charge >= 0.3 is 0 Å². The SMILES string of the molecule is O=C(Nc1ccc(F)cc1)[C@H](Sc1nnc(-c2cccs2)n1C[C@@H]1CCCO1)c1ccccc1. The van der Waals surface area contributed by atoms with Crippen LogP contribution in [0.4, 0.5) is 10.1 Å². The van der Waals surface area contributed by atoms with E-state index in [-0.39, 0.29) is 17.8 Å². The maximum atomic E-state index is 13.4. The van der Waals surface area contributed by atoms with Crippen molar-refractivity contribution in [1.29, 1.82) is 0 Å². The molecule has 34 heavy (non-hydrogen) atoms. The zero-order chi connectivity index (χ0) is 23.3. The molecule has 2 aromatic carbocycles. The van der Waals surface area contributed by atoms with Crippen LogP contribution in [0, 0.1) is 5.82 Å². The minimum Gasteiger partial charge on any atom is -0.376 e. The number of hydrogen-bond donors (Lipinski definition) is 1. The normalized spacial score (nSPS) is 16.4. The summed E-state index contributed by atoms with van der Waals surface area (Å²) in [7, 11) is 0. The average molecular weight is 495 g/mol. The molecule has 9 heteroatoms. The van der Waals surface area contributed by atoms with E-state index < -0.39 is 5.25 Å². The van der Waals surface area contributed by atoms with Crippen molar-refractivity contribution in [3.8, 4) is 10.7 Å². The lowest BCUT2D eigenvalue weighted by Gasteiger charge is -2.19. The quantitative estimate of drug-likeness (QED) is 0.314. The fourth-order valence-electron chi connectivity index (χ4n) is 3.87. The predicted molar refractivity (Wildman–Crippen MR) is 132 cm³/mol. The van der Waals surface area contributed by atoms with Gasteiger partial charge in [0.15, 0.2) is 11.0 Å². The summed E-state index contributed by atoms with van der Waals surface area (Å²) in [5.74, 6) is 0.209. The summed E-state index contributed by atoms with van der Waals surface area (Å²) in [4.78, 5) is 14.4. The van der Waals surface area contributed by atoms with E-state index in [1.54, 1.807) is 23.5 Å². The molecule has 1 fully saturated rings. The molecule has 2 atom stereocenters. The second-order valence-corrected chi connectivity index (χ2v) is 9.95. The molecule has 174 valence electrons. The molecule has 1 aliphatic heterocycles. The predicted octanol–water partition coefficient (Wildman–Crippen LogP) is 5.80. The van der Waals surface area contributed by atoms with Gasteiger partial charge in [0.2, 0.25) is 5.91 Å². The second-order valence-electron chi connectivity index (χ2n) is 7.93. The Kier molecular flexibility index (Phi) is 7.03. The Morgan fingerprint density at radius 1 is 1.15 bits per heavy atom. The van der Waals surface area contributed by atoms with Crippen LogP contribution in [0.25, 0.3) is 10.7 Å². The lowest BCUT2D eigenvalue weighted by molar-refractivity contribution is -0.115. The van der Waals surface area contributed by atoms with Crippen molar-refractivity contribution in [3.63, 3.8) is 0 Å². The molecule has 1 aliphatic rings. The van der Waals surface area contributed by atoms with Crippen LogP contribution in [0.5, 0.6) is 0 Å². The Morgan fingerprint density at radius 3 is 2.68 bits per heavy atom. The van der Waals surface area contributed by atoms with E-state index in [0.29, 0.717) is 17.4 Å². The van der Waals surface area contributed by atoms with Crippen LogP contribution in [0.15, 0.2) is 77.3 Å². The van der Waals surface area contributed by atoms with Gasteiger partial charge in [0.05, 0.1) is 17.5 Å². The van der Waals surface area contributed by atoms with E-state index in [4.69, 9.17) is 4.74 Å². The highest BCUT2D eigenvalue weighted by molar-refractivity contribution is 8.00. The van der Waals surface area contributed by atoms with Gasteiger partial charge in [-0.2, -0.15) is 0 Å². The number of carbonyl (C=O) groups excluding carboxylic acids is 1. The van der Waals surface area contributed by atoms with Crippen LogP contribution in [0.3, 0.4) is 0 Å². The highest BCUT2D eigenvalue weighted by atomic mass is 32.2. The van der Waals surface area contributed by atoms with Crippen molar-refractivity contribution < 1.29 is 13.9 Å². The van der Waals surface area contributed by atoms with Crippen molar-refractivity contribution in [2.45, 2.75) is 35.9 Å². The van der Waals surface area contributed by atoms with Gasteiger partial charge in [-0.15, -0.1) is 21.5 Å². The van der Waals surface area contributed by atoms with Crippen molar-refractivity contribution in [2.75, 3.05) is 11.9 Å². The number of anilines is 1. The summed E-state index contributed by atoms with van der Waals surface area (Å²) in [5.41, 5.74) is 1.38. The molecule has 0 unspecified atom stereocenters. The molecule has 0 spiro atoms. The van der Waals surface area contributed by atoms with E-state index in [9.17, 15) is 9.18 Å². The molecule has 0 saturated carbocycles. The monoisotopic (exact) mass is 494 g/mol. The molecular formula is C25H23FN4O2S2. The standard InChI is InChI=1S/C25H23FN4O2S2/c26-18-10-12-19(13-11-18)27-24(31)22(17-6-2-1-3-7-17)34-25-29-28-23(21-9-5-15-33-21)30(25)16-20-8-4-14-32-20/h1-3,5-7,9-13,15,20,22H,4,8,14,16H2,(H,27,31)/t20-,22+/m0/s1. The molecule has 5 rings (SSSR count). The first-order chi connectivity index (χ1) is 16.7. The number of thiophene rings is 1. The number of nitrogens with zero attached hydrogens (tertiary/aromatic N) is 3. The Bertz CT molecular complexity index is 1220. The van der Waals surface area contributed by atoms with Crippen LogP contribution >= 0.6 is 23.1 Å². The zero-order valence-corrected chi connectivity index (χ0v) is 19.9. The van der Waals surface area contributed by atoms with E-state index in [1.807, 2.05) is 47.8 Å². The summed E-state index contributed by atoms with van der Waals surface area (Å²) >= 11 is 2.96. The van der Waals surface area contributed by atoms with E-state index in [2.05, 4.69) is 20.1 Å². The Balaban J connectivity index is 1.46. The number of carbonyl (C=O) groups is 1. The smallest absolute Gasteiger partial charge is 0.242 e. The topological polar surface area (TPSA) is 69.0 Å². The van der Waals surface area contributed by atoms with Crippen LogP contribution in [-0.4, -0.2) is 33.4 Å². The van der Waals surface area contributed by atoms with Crippen molar-refractivity contribution in [1.82, 2.24) is 14.8 Å². The molecule has 4 aromatic rings. The van der Waals surface area contributed by atoms with Gasteiger partial charge in [-0.05, 0) is 54.1 Å². The number of hydrogen-bond acceptors (Lipinski definition) is 6. The maximum Gasteiger partial charge on any atom is 0.242 e. The fraction of sp³-hybridized carbons (Fsp3) is 0.240. The second kappa shape index (κ2) is 10.5. The van der Waals surface area contributed by atoms with Crippen LogP contribution in [-0.2, 0) is 16.1 Å². The van der Waals surface area contributed by atoms with Crippen LogP contribution < -0.4 is 5.32 Å². The molecule has 0 bridgehead atoms. The summed E-state index contributed by atoms with van der Waals surface area (Å²) < 4.78 is 21.3. The summed E-state index contributed by atoms with van der Waals surface area (Å²) in [6.07, 6.45) is 2.12. The number of thioether (sulfide) groups is 1. The van der Waals surface area contributed by atoms with Crippen LogP contribution in [0.1, 0.15) is 23.7 Å². The molecular weight excluding hydrogens is 471 g/mol. The van der Waals surface area contributed by atoms with Crippen molar-refractivity contribution >= 4 is 34.7 Å². The highest BCUT2D eigenvalue weighted by Gasteiger charge is 2.28. The first kappa shape index (κ1) is 22.8. The lowest BCUT2D eigenvalue weighted by atomic mass is 10.1. The van der Waals surface area contributed by atoms with E-state index in [0.717, 1.165) is 35.7 Å². The molecule has 1 amide bonds. The molecule has 0 radical (unpaired) electrons. The number of nitrogens with one attached hydrogen (secondary N) is 1. The largest absolute Gasteiger partial charge is 0.376 e. The van der Waals surface area contributed by atoms with Gasteiger partial charge in [0.25, 0.3) is 0 Å². The summed E-state index contributed by atoms with van der Waals surface area (Å²) in [5, 5.41) is 14.0. The minimum absolute atomic E-state index is 0.0947. The summed E-state index contributed by atoms with van der Waals surface area (Å²) in [6, 6.07) is 19.3. The van der Waals surface area contributed by atoms with Gasteiger partial charge in [0.1, 0.15) is 11.1 Å². The third kappa shape index (κ3) is 5.22. The first-order valence-electron chi connectivity index (χ1n) is 11.0. The summed E-state index contributed by atoms with van der Waals surface area (Å²) in [6.45, 7) is 1.39. The number of amides is 1. The van der Waals surface area contributed by atoms with Gasteiger partial charge in [0, 0.05) is 12.3 Å². The van der Waals surface area contributed by atoms with Crippen LogP contribution in [0.2, 0.25) is 0 Å². The lowest BCUT2D eigenvalue weighted by Crippen LogP contribution is -2.21. The average Bonchev–Trinajstić information content (AvgIpc) is 3.63. The van der Waals surface area contributed by atoms with Crippen molar-refractivity contribution in [3.05, 3.63) is 83.5 Å². The Labute approximate surface area is 205 Å². The van der Waals surface area contributed by atoms with Gasteiger partial charge in [-0.1, -0.05) is 48.2 Å². The molecule has 3 heterocycles. The number of halogens is 1. The molecule has 1 saturated heterocycles. The molecule has 6 nitrogen and oxygen atoms in total. The Morgan fingerprint density at radius 2 is 1.97 bits per heavy atom. The highest BCUT2D eigenvalue weighted by Crippen LogP contribution is 2.38. The van der Waals surface area contributed by atoms with Gasteiger partial charge in [-0.25, -0.2) is 4.39 Å². The Hall–Kier alpha value is -3.01. The first-order valence-corrected chi connectivity index (χ1v) is 12.8. The van der Waals surface area contributed by atoms with E-state index in [1.165, 1.54) is 23.9 Å². The minimum atomic E-state index is -0.574. The molecule has 2 aromatic heterocycles. The number of benzene rings is 2. The van der Waals surface area contributed by atoms with Gasteiger partial charge < -0.3 is 10.1 Å².